The van der Waals surface area contributed by atoms with Crippen molar-refractivity contribution in [3.8, 4) is 11.1 Å². The summed E-state index contributed by atoms with van der Waals surface area (Å²) in [5, 5.41) is 3.04. The molecule has 0 radical (unpaired) electrons. The van der Waals surface area contributed by atoms with E-state index in [4.69, 9.17) is 0 Å². The summed E-state index contributed by atoms with van der Waals surface area (Å²) in [6.45, 7) is 5.69. The van der Waals surface area contributed by atoms with Crippen LogP contribution in [0.4, 0.5) is 16.0 Å². The van der Waals surface area contributed by atoms with E-state index in [-0.39, 0.29) is 17.6 Å². The van der Waals surface area contributed by atoms with Crippen LogP contribution < -0.4 is 10.2 Å². The van der Waals surface area contributed by atoms with Crippen molar-refractivity contribution in [3.05, 3.63) is 72.3 Å². The topological polar surface area (TPSA) is 58.1 Å². The van der Waals surface area contributed by atoms with Gasteiger partial charge >= 0.3 is 0 Å². The minimum atomic E-state index is -0.287. The Morgan fingerprint density at radius 1 is 1.10 bits per heavy atom. The lowest BCUT2D eigenvalue weighted by atomic mass is 9.97. The molecule has 31 heavy (non-hydrogen) atoms. The van der Waals surface area contributed by atoms with E-state index in [0.29, 0.717) is 18.4 Å². The van der Waals surface area contributed by atoms with E-state index >= 15 is 0 Å². The number of hydrogen-bond acceptors (Lipinski definition) is 4. The molecule has 160 valence electrons. The molecule has 6 heteroatoms. The van der Waals surface area contributed by atoms with Gasteiger partial charge in [-0.25, -0.2) is 14.4 Å². The number of benzene rings is 2. The zero-order valence-corrected chi connectivity index (χ0v) is 17.9. The third-order valence-electron chi connectivity index (χ3n) is 5.72. The molecule has 1 aromatic heterocycles. The third-order valence-corrected chi connectivity index (χ3v) is 5.72. The Morgan fingerprint density at radius 3 is 2.52 bits per heavy atom. The molecule has 1 N–H and O–H groups in total. The van der Waals surface area contributed by atoms with Crippen molar-refractivity contribution in [1.82, 2.24) is 9.97 Å². The Bertz CT molecular complexity index is 1030. The highest BCUT2D eigenvalue weighted by atomic mass is 19.1. The Labute approximate surface area is 182 Å². The van der Waals surface area contributed by atoms with Crippen LogP contribution in [0.5, 0.6) is 0 Å². The largest absolute Gasteiger partial charge is 0.340 e. The van der Waals surface area contributed by atoms with Gasteiger partial charge in [-0.1, -0.05) is 38.1 Å². The number of nitrogens with zero attached hydrogens (tertiary/aromatic N) is 3. The van der Waals surface area contributed by atoms with Gasteiger partial charge in [0.15, 0.2) is 0 Å². The SMILES string of the molecule is CC(C)c1ccc(NC(=O)[C@H]2CCCN(c3ncc(-c4cccc(F)c4)cn3)C2)cc1. The molecular formula is C25H27FN4O. The summed E-state index contributed by atoms with van der Waals surface area (Å²) < 4.78 is 13.5. The fourth-order valence-corrected chi connectivity index (χ4v) is 3.87. The van der Waals surface area contributed by atoms with Crippen molar-refractivity contribution in [1.29, 1.82) is 0 Å². The zero-order chi connectivity index (χ0) is 21.8. The summed E-state index contributed by atoms with van der Waals surface area (Å²) in [5.41, 5.74) is 3.58. The van der Waals surface area contributed by atoms with Crippen molar-refractivity contribution < 1.29 is 9.18 Å². The van der Waals surface area contributed by atoms with E-state index in [0.717, 1.165) is 36.2 Å². The number of anilines is 2. The average Bonchev–Trinajstić information content (AvgIpc) is 2.79. The summed E-state index contributed by atoms with van der Waals surface area (Å²) in [7, 11) is 0. The van der Waals surface area contributed by atoms with Crippen molar-refractivity contribution in [2.45, 2.75) is 32.6 Å². The predicted molar refractivity (Wildman–Crippen MR) is 122 cm³/mol. The van der Waals surface area contributed by atoms with Crippen LogP contribution in [0.2, 0.25) is 0 Å². The van der Waals surface area contributed by atoms with Crippen molar-refractivity contribution in [3.63, 3.8) is 0 Å². The monoisotopic (exact) mass is 418 g/mol. The van der Waals surface area contributed by atoms with Crippen LogP contribution in [-0.4, -0.2) is 29.0 Å². The first kappa shape index (κ1) is 21.0. The van der Waals surface area contributed by atoms with E-state index in [9.17, 15) is 9.18 Å². The summed E-state index contributed by atoms with van der Waals surface area (Å²) in [6, 6.07) is 14.4. The van der Waals surface area contributed by atoms with E-state index in [1.165, 1.54) is 17.7 Å². The number of amides is 1. The summed E-state index contributed by atoms with van der Waals surface area (Å²) in [5.74, 6) is 0.677. The normalized spacial score (nSPS) is 16.4. The third kappa shape index (κ3) is 5.08. The minimum absolute atomic E-state index is 0.0263. The molecule has 0 spiro atoms. The fraction of sp³-hybridized carbons (Fsp3) is 0.320. The molecule has 5 nitrogen and oxygen atoms in total. The number of carbonyl (C=O) groups excluding carboxylic acids is 1. The van der Waals surface area contributed by atoms with Crippen LogP contribution >= 0.6 is 0 Å². The maximum Gasteiger partial charge on any atom is 0.229 e. The molecular weight excluding hydrogens is 391 g/mol. The number of piperidine rings is 1. The second-order valence-electron chi connectivity index (χ2n) is 8.33. The Morgan fingerprint density at radius 2 is 1.84 bits per heavy atom. The number of carbonyl (C=O) groups is 1. The van der Waals surface area contributed by atoms with Gasteiger partial charge in [-0.3, -0.25) is 4.79 Å². The van der Waals surface area contributed by atoms with E-state index < -0.39 is 0 Å². The number of aromatic nitrogens is 2. The molecule has 0 aliphatic carbocycles. The van der Waals surface area contributed by atoms with Crippen molar-refractivity contribution in [2.75, 3.05) is 23.3 Å². The Hall–Kier alpha value is -3.28. The van der Waals surface area contributed by atoms with Gasteiger partial charge in [-0.05, 0) is 54.2 Å². The van der Waals surface area contributed by atoms with E-state index in [1.54, 1.807) is 18.5 Å². The van der Waals surface area contributed by atoms with Gasteiger partial charge in [-0.2, -0.15) is 0 Å². The minimum Gasteiger partial charge on any atom is -0.340 e. The molecule has 0 bridgehead atoms. The molecule has 1 saturated heterocycles. The lowest BCUT2D eigenvalue weighted by Crippen LogP contribution is -2.41. The van der Waals surface area contributed by atoms with E-state index in [1.807, 2.05) is 23.1 Å². The van der Waals surface area contributed by atoms with Crippen LogP contribution in [0.25, 0.3) is 11.1 Å². The quantitative estimate of drug-likeness (QED) is 0.614. The lowest BCUT2D eigenvalue weighted by Gasteiger charge is -2.32. The summed E-state index contributed by atoms with van der Waals surface area (Å²) in [4.78, 5) is 23.8. The maximum atomic E-state index is 13.5. The molecule has 1 fully saturated rings. The Balaban J connectivity index is 1.40. The molecule has 4 rings (SSSR count). The number of rotatable bonds is 5. The first-order chi connectivity index (χ1) is 15.0. The van der Waals surface area contributed by atoms with Gasteiger partial charge in [0.05, 0.1) is 5.92 Å². The number of halogens is 1. The second-order valence-corrected chi connectivity index (χ2v) is 8.33. The van der Waals surface area contributed by atoms with Gasteiger partial charge in [0.25, 0.3) is 0 Å². The molecule has 1 amide bonds. The van der Waals surface area contributed by atoms with E-state index in [2.05, 4.69) is 41.3 Å². The first-order valence-corrected chi connectivity index (χ1v) is 10.7. The number of nitrogens with one attached hydrogen (secondary N) is 1. The molecule has 1 atom stereocenters. The molecule has 0 unspecified atom stereocenters. The van der Waals surface area contributed by atoms with Crippen LogP contribution in [0, 0.1) is 11.7 Å². The number of hydrogen-bond donors (Lipinski definition) is 1. The molecule has 1 aliphatic heterocycles. The Kier molecular flexibility index (Phi) is 6.26. The van der Waals surface area contributed by atoms with Gasteiger partial charge in [0.2, 0.25) is 11.9 Å². The predicted octanol–water partition coefficient (Wildman–Crippen LogP) is 5.26. The molecule has 1 aliphatic rings. The van der Waals surface area contributed by atoms with Crippen LogP contribution in [0.15, 0.2) is 60.9 Å². The first-order valence-electron chi connectivity index (χ1n) is 10.7. The van der Waals surface area contributed by atoms with Gasteiger partial charge < -0.3 is 10.2 Å². The molecule has 0 saturated carbocycles. The van der Waals surface area contributed by atoms with Gasteiger partial charge in [0.1, 0.15) is 5.82 Å². The highest BCUT2D eigenvalue weighted by Crippen LogP contribution is 2.24. The summed E-state index contributed by atoms with van der Waals surface area (Å²) >= 11 is 0. The summed E-state index contributed by atoms with van der Waals surface area (Å²) in [6.07, 6.45) is 5.15. The standard InChI is InChI=1S/C25H27FN4O/c1-17(2)18-8-10-23(11-9-18)29-24(31)20-6-4-12-30(16-20)25-27-14-21(15-28-25)19-5-3-7-22(26)13-19/h3,5,7-11,13-15,17,20H,4,6,12,16H2,1-2H3,(H,29,31)/t20-/m0/s1. The maximum absolute atomic E-state index is 13.5. The van der Waals surface area contributed by atoms with Gasteiger partial charge in [0, 0.05) is 36.7 Å². The average molecular weight is 419 g/mol. The van der Waals surface area contributed by atoms with Crippen LogP contribution in [0.3, 0.4) is 0 Å². The lowest BCUT2D eigenvalue weighted by molar-refractivity contribution is -0.120. The molecule has 3 aromatic rings. The molecule has 2 heterocycles. The molecule has 2 aromatic carbocycles. The zero-order valence-electron chi connectivity index (χ0n) is 17.9. The smallest absolute Gasteiger partial charge is 0.229 e. The highest BCUT2D eigenvalue weighted by molar-refractivity contribution is 5.93. The van der Waals surface area contributed by atoms with Crippen molar-refractivity contribution >= 4 is 17.5 Å². The van der Waals surface area contributed by atoms with Crippen molar-refractivity contribution in [2.24, 2.45) is 5.92 Å². The van der Waals surface area contributed by atoms with Crippen LogP contribution in [0.1, 0.15) is 38.2 Å². The van der Waals surface area contributed by atoms with Gasteiger partial charge in [-0.15, -0.1) is 0 Å². The fourth-order valence-electron chi connectivity index (χ4n) is 3.87. The van der Waals surface area contributed by atoms with Crippen LogP contribution in [-0.2, 0) is 4.79 Å². The highest BCUT2D eigenvalue weighted by Gasteiger charge is 2.27. The second kappa shape index (κ2) is 9.25.